The van der Waals surface area contributed by atoms with Crippen LogP contribution in [-0.2, 0) is 6.54 Å². The number of aliphatic hydroxyl groups excluding tert-OH is 1. The van der Waals surface area contributed by atoms with Crippen LogP contribution in [-0.4, -0.2) is 52.8 Å². The lowest BCUT2D eigenvalue weighted by Crippen LogP contribution is -2.33. The van der Waals surface area contributed by atoms with E-state index in [2.05, 4.69) is 27.5 Å². The van der Waals surface area contributed by atoms with E-state index in [4.69, 9.17) is 9.72 Å². The fourth-order valence-corrected chi connectivity index (χ4v) is 4.46. The molecule has 2 atom stereocenters. The Morgan fingerprint density at radius 1 is 1.29 bits per heavy atom. The first-order valence-electron chi connectivity index (χ1n) is 12.8. The molecule has 9 heteroatoms. The van der Waals surface area contributed by atoms with Gasteiger partial charge >= 0.3 is 0 Å². The zero-order valence-electron chi connectivity index (χ0n) is 22.1. The highest BCUT2D eigenvalue weighted by atomic mass is 16.5. The van der Waals surface area contributed by atoms with Crippen molar-refractivity contribution in [2.75, 3.05) is 25.0 Å². The Morgan fingerprint density at radius 2 is 2.11 bits per heavy atom. The summed E-state index contributed by atoms with van der Waals surface area (Å²) in [5, 5.41) is 19.8. The van der Waals surface area contributed by atoms with Crippen molar-refractivity contribution in [3.8, 4) is 17.0 Å². The van der Waals surface area contributed by atoms with E-state index < -0.39 is 6.10 Å². The number of ether oxygens (including phenoxy) is 1. The standard InChI is InChI=1S/C29H35N5O4/c1-5-23-24(28(36)31-15-25-17(2)11-19(4)33-29(25)37)13-26-20-7-6-8-22(12-20)38-16-21(35)14-30-10-9-18(3)32-27(23)34-26/h5-8,11-13,18,21,30,35H,1,9-10,14-16H2,2-4H3,(H,31,36)(H,32,34)(H,33,37). The van der Waals surface area contributed by atoms with Gasteiger partial charge in [-0.3, -0.25) is 9.59 Å². The maximum absolute atomic E-state index is 13.5. The molecule has 4 bridgehead atoms. The molecule has 4 rings (SSSR count). The predicted octanol–water partition coefficient (Wildman–Crippen LogP) is 3.16. The molecule has 3 heterocycles. The number of aromatic amines is 1. The highest BCUT2D eigenvalue weighted by molar-refractivity contribution is 6.00. The van der Waals surface area contributed by atoms with Crippen LogP contribution in [0.4, 0.5) is 5.82 Å². The number of aliphatic hydroxyl groups is 1. The van der Waals surface area contributed by atoms with E-state index >= 15 is 0 Å². The Bertz CT molecular complexity index is 1380. The van der Waals surface area contributed by atoms with Crippen LogP contribution >= 0.6 is 0 Å². The molecule has 0 spiro atoms. The number of amides is 1. The van der Waals surface area contributed by atoms with Crippen molar-refractivity contribution in [1.82, 2.24) is 20.6 Å². The van der Waals surface area contributed by atoms with Gasteiger partial charge in [-0.15, -0.1) is 0 Å². The number of nitrogens with zero attached hydrogens (tertiary/aromatic N) is 1. The maximum Gasteiger partial charge on any atom is 0.253 e. The zero-order valence-corrected chi connectivity index (χ0v) is 22.1. The van der Waals surface area contributed by atoms with Crippen molar-refractivity contribution in [3.63, 3.8) is 0 Å². The number of H-pyrrole nitrogens is 1. The van der Waals surface area contributed by atoms with Crippen molar-refractivity contribution in [2.24, 2.45) is 0 Å². The summed E-state index contributed by atoms with van der Waals surface area (Å²) in [5.41, 5.74) is 4.19. The molecule has 2 aromatic heterocycles. The molecule has 5 N–H and O–H groups in total. The van der Waals surface area contributed by atoms with Crippen LogP contribution in [0.3, 0.4) is 0 Å². The molecule has 1 aromatic carbocycles. The second-order valence-corrected chi connectivity index (χ2v) is 9.68. The quantitative estimate of drug-likeness (QED) is 0.360. The van der Waals surface area contributed by atoms with Gasteiger partial charge in [-0.2, -0.15) is 0 Å². The number of benzene rings is 1. The summed E-state index contributed by atoms with van der Waals surface area (Å²) in [5.74, 6) is 0.795. The van der Waals surface area contributed by atoms with Crippen LogP contribution < -0.4 is 26.2 Å². The average molecular weight is 518 g/mol. The summed E-state index contributed by atoms with van der Waals surface area (Å²) in [6, 6.07) is 11.0. The minimum absolute atomic E-state index is 0.0264. The molecule has 38 heavy (non-hydrogen) atoms. The number of β-amino-alcohol motifs (C(OH)–C–C–N with tert-alkyl or cyclic N) is 1. The van der Waals surface area contributed by atoms with Crippen molar-refractivity contribution in [1.29, 1.82) is 0 Å². The van der Waals surface area contributed by atoms with Crippen LogP contribution in [0, 0.1) is 13.8 Å². The second-order valence-electron chi connectivity index (χ2n) is 9.68. The number of nitrogens with one attached hydrogen (secondary N) is 4. The predicted molar refractivity (Wildman–Crippen MR) is 150 cm³/mol. The number of fused-ring (bicyclic) bond motifs is 5. The molecular formula is C29H35N5O4. The van der Waals surface area contributed by atoms with Gasteiger partial charge in [-0.1, -0.05) is 24.8 Å². The highest BCUT2D eigenvalue weighted by Gasteiger charge is 2.20. The van der Waals surface area contributed by atoms with Gasteiger partial charge in [0, 0.05) is 41.5 Å². The number of carbonyl (C=O) groups is 1. The van der Waals surface area contributed by atoms with Crippen molar-refractivity contribution in [2.45, 2.75) is 45.9 Å². The minimum Gasteiger partial charge on any atom is -0.491 e. The third kappa shape index (κ3) is 6.48. The van der Waals surface area contributed by atoms with E-state index in [0.29, 0.717) is 47.0 Å². The van der Waals surface area contributed by atoms with Gasteiger partial charge in [0.1, 0.15) is 24.3 Å². The van der Waals surface area contributed by atoms with Gasteiger partial charge in [0.25, 0.3) is 11.5 Å². The van der Waals surface area contributed by atoms with Crippen molar-refractivity contribution < 1.29 is 14.6 Å². The lowest BCUT2D eigenvalue weighted by Gasteiger charge is -2.20. The molecular weight excluding hydrogens is 482 g/mol. The number of carbonyl (C=O) groups excluding carboxylic acids is 1. The first-order valence-corrected chi connectivity index (χ1v) is 12.8. The summed E-state index contributed by atoms with van der Waals surface area (Å²) >= 11 is 0. The van der Waals surface area contributed by atoms with E-state index in [-0.39, 0.29) is 30.7 Å². The number of pyridine rings is 2. The van der Waals surface area contributed by atoms with Gasteiger partial charge in [0.05, 0.1) is 11.3 Å². The van der Waals surface area contributed by atoms with E-state index in [1.807, 2.05) is 51.1 Å². The first-order chi connectivity index (χ1) is 18.2. The minimum atomic E-state index is -0.640. The molecule has 0 saturated heterocycles. The maximum atomic E-state index is 13.5. The van der Waals surface area contributed by atoms with E-state index in [1.54, 1.807) is 12.1 Å². The summed E-state index contributed by atoms with van der Waals surface area (Å²) in [6.07, 6.45) is 1.74. The van der Waals surface area contributed by atoms with E-state index in [9.17, 15) is 14.7 Å². The van der Waals surface area contributed by atoms with Crippen LogP contribution in [0.1, 0.15) is 46.1 Å². The number of rotatable bonds is 4. The van der Waals surface area contributed by atoms with E-state index in [0.717, 1.165) is 23.2 Å². The Labute approximate surface area is 222 Å². The SMILES string of the molecule is C=Cc1c(C(=O)NCc2c(C)cc(C)[nH]c2=O)cc2nc1NC(C)CCNCC(O)COc1cccc-2c1. The Kier molecular flexibility index (Phi) is 8.60. The van der Waals surface area contributed by atoms with Crippen LogP contribution in [0.5, 0.6) is 5.75 Å². The fraction of sp³-hybridized carbons (Fsp3) is 0.345. The topological polar surface area (TPSA) is 128 Å². The zero-order chi connectivity index (χ0) is 27.2. The number of anilines is 1. The molecule has 9 nitrogen and oxygen atoms in total. The molecule has 200 valence electrons. The molecule has 1 aliphatic heterocycles. The lowest BCUT2D eigenvalue weighted by molar-refractivity contribution is 0.0950. The third-order valence-corrected chi connectivity index (χ3v) is 6.52. The summed E-state index contributed by atoms with van der Waals surface area (Å²) in [6.45, 7) is 11.0. The molecule has 2 unspecified atom stereocenters. The van der Waals surface area contributed by atoms with Crippen LogP contribution in [0.15, 0.2) is 47.8 Å². The molecule has 1 amide bonds. The molecule has 1 aliphatic rings. The largest absolute Gasteiger partial charge is 0.491 e. The first kappa shape index (κ1) is 27.1. The normalized spacial score (nSPS) is 17.8. The Balaban J connectivity index is 1.73. The van der Waals surface area contributed by atoms with Crippen molar-refractivity contribution >= 4 is 17.8 Å². The van der Waals surface area contributed by atoms with Gasteiger partial charge in [0.2, 0.25) is 0 Å². The number of aromatic nitrogens is 2. The monoisotopic (exact) mass is 517 g/mol. The molecule has 3 aromatic rings. The lowest BCUT2D eigenvalue weighted by atomic mass is 10.0. The Hall–Kier alpha value is -3.95. The second kappa shape index (κ2) is 12.1. The molecule has 0 saturated carbocycles. The average Bonchev–Trinajstić information content (AvgIpc) is 2.88. The summed E-state index contributed by atoms with van der Waals surface area (Å²) in [7, 11) is 0. The molecule has 0 aliphatic carbocycles. The number of aryl methyl sites for hydroxylation is 2. The molecule has 0 radical (unpaired) electrons. The van der Waals surface area contributed by atoms with Gasteiger partial charge in [-0.05, 0) is 63.6 Å². The summed E-state index contributed by atoms with van der Waals surface area (Å²) in [4.78, 5) is 33.6. The van der Waals surface area contributed by atoms with Crippen LogP contribution in [0.25, 0.3) is 17.3 Å². The number of hydrogen-bond acceptors (Lipinski definition) is 7. The fourth-order valence-electron chi connectivity index (χ4n) is 4.46. The summed E-state index contributed by atoms with van der Waals surface area (Å²) < 4.78 is 5.81. The Morgan fingerprint density at radius 3 is 2.87 bits per heavy atom. The number of hydrogen-bond donors (Lipinski definition) is 5. The van der Waals surface area contributed by atoms with Crippen LogP contribution in [0.2, 0.25) is 0 Å². The van der Waals surface area contributed by atoms with Gasteiger partial charge in [-0.25, -0.2) is 4.98 Å². The smallest absolute Gasteiger partial charge is 0.253 e. The molecule has 0 fully saturated rings. The van der Waals surface area contributed by atoms with Gasteiger partial charge < -0.3 is 30.8 Å². The van der Waals surface area contributed by atoms with Crippen molar-refractivity contribution in [3.05, 3.63) is 81.3 Å². The third-order valence-electron chi connectivity index (χ3n) is 6.52. The highest BCUT2D eigenvalue weighted by Crippen LogP contribution is 2.29. The van der Waals surface area contributed by atoms with Gasteiger partial charge in [0.15, 0.2) is 0 Å². The van der Waals surface area contributed by atoms with E-state index in [1.165, 1.54) is 0 Å².